The number of carboxylic acid groups (broad SMARTS) is 1. The molecule has 0 aromatic carbocycles. The summed E-state index contributed by atoms with van der Waals surface area (Å²) in [5.74, 6) is 0.684. The third-order valence-electron chi connectivity index (χ3n) is 3.77. The molecular weight excluding hydrogens is 232 g/mol. The Bertz CT molecular complexity index is 395. The van der Waals surface area contributed by atoms with Gasteiger partial charge in [0.15, 0.2) is 6.39 Å². The van der Waals surface area contributed by atoms with Crippen LogP contribution in [0.4, 0.5) is 0 Å². The molecule has 0 bridgehead atoms. The van der Waals surface area contributed by atoms with Crippen molar-refractivity contribution in [1.82, 2.24) is 10.3 Å². The van der Waals surface area contributed by atoms with Crippen LogP contribution >= 0.6 is 0 Å². The summed E-state index contributed by atoms with van der Waals surface area (Å²) in [5, 5.41) is 12.3. The van der Waals surface area contributed by atoms with E-state index in [9.17, 15) is 4.79 Å². The molecule has 2 rings (SSSR count). The first-order chi connectivity index (χ1) is 8.66. The largest absolute Gasteiger partial charge is 0.481 e. The van der Waals surface area contributed by atoms with Crippen molar-refractivity contribution in [2.75, 3.05) is 6.54 Å². The lowest BCUT2D eigenvalue weighted by molar-refractivity contribution is -0.143. The van der Waals surface area contributed by atoms with Gasteiger partial charge in [-0.05, 0) is 45.1 Å². The molecule has 5 heteroatoms. The number of aliphatic carboxylic acids is 1. The molecule has 1 heterocycles. The van der Waals surface area contributed by atoms with E-state index >= 15 is 0 Å². The van der Waals surface area contributed by atoms with E-state index in [-0.39, 0.29) is 5.92 Å². The van der Waals surface area contributed by atoms with E-state index in [0.29, 0.717) is 5.92 Å². The van der Waals surface area contributed by atoms with Crippen LogP contribution in [-0.4, -0.2) is 22.6 Å². The zero-order valence-electron chi connectivity index (χ0n) is 10.7. The van der Waals surface area contributed by atoms with Gasteiger partial charge in [0.2, 0.25) is 0 Å². The molecule has 0 radical (unpaired) electrons. The van der Waals surface area contributed by atoms with Crippen LogP contribution < -0.4 is 5.32 Å². The molecule has 1 aromatic rings. The summed E-state index contributed by atoms with van der Waals surface area (Å²) in [6, 6.07) is 0. The number of hydrogen-bond acceptors (Lipinski definition) is 4. The Morgan fingerprint density at radius 1 is 1.50 bits per heavy atom. The van der Waals surface area contributed by atoms with Crippen LogP contribution in [-0.2, 0) is 11.3 Å². The van der Waals surface area contributed by atoms with Crippen molar-refractivity contribution in [3.8, 4) is 0 Å². The highest BCUT2D eigenvalue weighted by atomic mass is 16.4. The molecule has 0 atom stereocenters. The first kappa shape index (κ1) is 13.1. The van der Waals surface area contributed by atoms with Gasteiger partial charge in [-0.3, -0.25) is 4.79 Å². The molecule has 0 unspecified atom stereocenters. The number of oxazole rings is 1. The number of aryl methyl sites for hydroxylation is 1. The van der Waals surface area contributed by atoms with Crippen molar-refractivity contribution in [2.24, 2.45) is 11.8 Å². The molecule has 1 fully saturated rings. The molecule has 100 valence electrons. The van der Waals surface area contributed by atoms with Crippen molar-refractivity contribution in [2.45, 2.75) is 39.2 Å². The highest BCUT2D eigenvalue weighted by Gasteiger charge is 2.25. The second-order valence-corrected chi connectivity index (χ2v) is 5.04. The number of nitrogens with zero attached hydrogens (tertiary/aromatic N) is 1. The van der Waals surface area contributed by atoms with Gasteiger partial charge >= 0.3 is 5.97 Å². The number of carbonyl (C=O) groups is 1. The molecule has 1 aromatic heterocycles. The fourth-order valence-corrected chi connectivity index (χ4v) is 2.51. The summed E-state index contributed by atoms with van der Waals surface area (Å²) in [7, 11) is 0. The maximum absolute atomic E-state index is 10.8. The summed E-state index contributed by atoms with van der Waals surface area (Å²) in [5.41, 5.74) is 0.953. The second kappa shape index (κ2) is 6.00. The lowest BCUT2D eigenvalue weighted by Gasteiger charge is -2.26. The van der Waals surface area contributed by atoms with Crippen molar-refractivity contribution < 1.29 is 14.3 Å². The molecule has 18 heavy (non-hydrogen) atoms. The monoisotopic (exact) mass is 252 g/mol. The van der Waals surface area contributed by atoms with Gasteiger partial charge in [-0.1, -0.05) is 0 Å². The highest BCUT2D eigenvalue weighted by Crippen LogP contribution is 2.28. The Labute approximate surface area is 107 Å². The van der Waals surface area contributed by atoms with Gasteiger partial charge in [-0.15, -0.1) is 0 Å². The molecule has 2 N–H and O–H groups in total. The first-order valence-corrected chi connectivity index (χ1v) is 6.49. The van der Waals surface area contributed by atoms with Gasteiger partial charge in [0.05, 0.1) is 11.6 Å². The van der Waals surface area contributed by atoms with Crippen LogP contribution in [0.5, 0.6) is 0 Å². The van der Waals surface area contributed by atoms with Gasteiger partial charge in [0.25, 0.3) is 0 Å². The highest BCUT2D eigenvalue weighted by molar-refractivity contribution is 5.69. The molecular formula is C13H20N2O3. The predicted molar refractivity (Wildman–Crippen MR) is 66.0 cm³/mol. The molecule has 0 spiro atoms. The summed E-state index contributed by atoms with van der Waals surface area (Å²) < 4.78 is 5.13. The zero-order valence-corrected chi connectivity index (χ0v) is 10.7. The smallest absolute Gasteiger partial charge is 0.306 e. The molecule has 1 saturated carbocycles. The number of aromatic nitrogens is 1. The Morgan fingerprint density at radius 2 is 2.22 bits per heavy atom. The first-order valence-electron chi connectivity index (χ1n) is 6.49. The van der Waals surface area contributed by atoms with E-state index in [4.69, 9.17) is 9.52 Å². The van der Waals surface area contributed by atoms with Crippen LogP contribution in [0.2, 0.25) is 0 Å². The Kier molecular flexibility index (Phi) is 4.36. The van der Waals surface area contributed by atoms with Crippen molar-refractivity contribution >= 4 is 5.97 Å². The molecule has 1 aliphatic rings. The lowest BCUT2D eigenvalue weighted by Crippen LogP contribution is -2.28. The Balaban J connectivity index is 1.67. The molecule has 0 amide bonds. The van der Waals surface area contributed by atoms with E-state index in [1.807, 2.05) is 6.92 Å². The van der Waals surface area contributed by atoms with Crippen LogP contribution in [0.3, 0.4) is 0 Å². The van der Waals surface area contributed by atoms with Crippen LogP contribution in [0.1, 0.15) is 37.1 Å². The van der Waals surface area contributed by atoms with Gasteiger partial charge in [-0.2, -0.15) is 0 Å². The van der Waals surface area contributed by atoms with Crippen LogP contribution in [0.25, 0.3) is 0 Å². The SMILES string of the molecule is Cc1ocnc1CNCC1CCC(C(=O)O)CC1. The van der Waals surface area contributed by atoms with E-state index in [1.165, 1.54) is 6.39 Å². The Hall–Kier alpha value is -1.36. The molecule has 0 aliphatic heterocycles. The van der Waals surface area contributed by atoms with E-state index in [0.717, 1.165) is 50.2 Å². The van der Waals surface area contributed by atoms with Gasteiger partial charge in [0, 0.05) is 6.54 Å². The third kappa shape index (κ3) is 3.32. The van der Waals surface area contributed by atoms with Crippen LogP contribution in [0.15, 0.2) is 10.8 Å². The lowest BCUT2D eigenvalue weighted by atomic mass is 9.82. The molecule has 5 nitrogen and oxygen atoms in total. The van der Waals surface area contributed by atoms with Gasteiger partial charge < -0.3 is 14.8 Å². The average Bonchev–Trinajstić information content (AvgIpc) is 2.76. The topological polar surface area (TPSA) is 75.4 Å². The maximum Gasteiger partial charge on any atom is 0.306 e. The molecule has 0 saturated heterocycles. The second-order valence-electron chi connectivity index (χ2n) is 5.04. The van der Waals surface area contributed by atoms with Crippen LogP contribution in [0, 0.1) is 18.8 Å². The van der Waals surface area contributed by atoms with Crippen molar-refractivity contribution in [3.05, 3.63) is 17.8 Å². The minimum absolute atomic E-state index is 0.126. The number of rotatable bonds is 5. The summed E-state index contributed by atoms with van der Waals surface area (Å²) in [6.45, 7) is 3.56. The molecule has 1 aliphatic carbocycles. The fourth-order valence-electron chi connectivity index (χ4n) is 2.51. The van der Waals surface area contributed by atoms with E-state index in [2.05, 4.69) is 10.3 Å². The summed E-state index contributed by atoms with van der Waals surface area (Å²) in [6.07, 6.45) is 5.09. The minimum atomic E-state index is -0.639. The van der Waals surface area contributed by atoms with Crippen molar-refractivity contribution in [1.29, 1.82) is 0 Å². The third-order valence-corrected chi connectivity index (χ3v) is 3.77. The van der Waals surface area contributed by atoms with E-state index < -0.39 is 5.97 Å². The number of nitrogens with one attached hydrogen (secondary N) is 1. The maximum atomic E-state index is 10.8. The minimum Gasteiger partial charge on any atom is -0.481 e. The van der Waals surface area contributed by atoms with Crippen molar-refractivity contribution in [3.63, 3.8) is 0 Å². The fraction of sp³-hybridized carbons (Fsp3) is 0.692. The predicted octanol–water partition coefficient (Wildman–Crippen LogP) is 1.96. The van der Waals surface area contributed by atoms with Gasteiger partial charge in [-0.25, -0.2) is 4.98 Å². The normalized spacial score (nSPS) is 24.1. The van der Waals surface area contributed by atoms with Gasteiger partial charge in [0.1, 0.15) is 5.76 Å². The standard InChI is InChI=1S/C13H20N2O3/c1-9-12(15-8-18-9)7-14-6-10-2-4-11(5-3-10)13(16)17/h8,10-11,14H,2-7H2,1H3,(H,16,17). The Morgan fingerprint density at radius 3 is 2.78 bits per heavy atom. The number of carboxylic acids is 1. The van der Waals surface area contributed by atoms with E-state index in [1.54, 1.807) is 0 Å². The summed E-state index contributed by atoms with van der Waals surface area (Å²) >= 11 is 0. The quantitative estimate of drug-likeness (QED) is 0.838. The summed E-state index contributed by atoms with van der Waals surface area (Å²) in [4.78, 5) is 15.0. The zero-order chi connectivity index (χ0) is 13.0. The number of hydrogen-bond donors (Lipinski definition) is 2. The average molecular weight is 252 g/mol.